The molecule has 2 aliphatic rings. The first-order valence-electron chi connectivity index (χ1n) is 7.01. The molecule has 0 saturated carbocycles. The van der Waals surface area contributed by atoms with Gasteiger partial charge in [-0.3, -0.25) is 0 Å². The summed E-state index contributed by atoms with van der Waals surface area (Å²) < 4.78 is 0. The highest BCUT2D eigenvalue weighted by molar-refractivity contribution is 5.53. The molecule has 0 fully saturated rings. The average molecular weight is 278 g/mol. The first-order valence-corrected chi connectivity index (χ1v) is 7.01. The smallest absolute Gasteiger partial charge is 0.106 e. The molecule has 20 heavy (non-hydrogen) atoms. The second-order valence-corrected chi connectivity index (χ2v) is 7.25. The van der Waals surface area contributed by atoms with Crippen molar-refractivity contribution in [2.75, 3.05) is 0 Å². The monoisotopic (exact) mass is 278 g/mol. The van der Waals surface area contributed by atoms with Gasteiger partial charge in [0.15, 0.2) is 0 Å². The van der Waals surface area contributed by atoms with Crippen molar-refractivity contribution in [2.45, 2.75) is 62.9 Å². The number of fused-ring (bicyclic) bond motifs is 2. The minimum Gasteiger partial charge on any atom is -0.389 e. The Labute approximate surface area is 118 Å². The topological polar surface area (TPSA) is 80.9 Å². The summed E-state index contributed by atoms with van der Waals surface area (Å²) in [5, 5.41) is 40.9. The molecule has 1 aromatic carbocycles. The molecule has 4 atom stereocenters. The molecule has 0 unspecified atom stereocenters. The van der Waals surface area contributed by atoms with Gasteiger partial charge in [0.25, 0.3) is 0 Å². The third-order valence-electron chi connectivity index (χ3n) is 5.32. The van der Waals surface area contributed by atoms with Crippen molar-refractivity contribution in [2.24, 2.45) is 0 Å². The van der Waals surface area contributed by atoms with Crippen LogP contribution in [-0.4, -0.2) is 32.6 Å². The van der Waals surface area contributed by atoms with E-state index >= 15 is 0 Å². The number of hydrogen-bond donors (Lipinski definition) is 4. The van der Waals surface area contributed by atoms with Crippen molar-refractivity contribution in [3.63, 3.8) is 0 Å². The Morgan fingerprint density at radius 1 is 0.700 bits per heavy atom. The molecular formula is C16H22O4. The van der Waals surface area contributed by atoms with Gasteiger partial charge in [0.05, 0.1) is 12.2 Å². The van der Waals surface area contributed by atoms with Crippen LogP contribution < -0.4 is 0 Å². The summed E-state index contributed by atoms with van der Waals surface area (Å²) in [6.07, 6.45) is -3.55. The largest absolute Gasteiger partial charge is 0.389 e. The van der Waals surface area contributed by atoms with E-state index < -0.39 is 35.2 Å². The molecule has 0 spiro atoms. The molecule has 0 radical (unpaired) electrons. The highest BCUT2D eigenvalue weighted by Crippen LogP contribution is 2.51. The van der Waals surface area contributed by atoms with Crippen LogP contribution in [0.4, 0.5) is 0 Å². The van der Waals surface area contributed by atoms with E-state index in [9.17, 15) is 20.4 Å². The number of aliphatic hydroxyl groups is 4. The van der Waals surface area contributed by atoms with Crippen LogP contribution in [0.15, 0.2) is 12.1 Å². The zero-order valence-electron chi connectivity index (χ0n) is 12.3. The van der Waals surface area contributed by atoms with Crippen LogP contribution in [0, 0.1) is 0 Å². The van der Waals surface area contributed by atoms with E-state index in [1.165, 1.54) is 0 Å². The highest BCUT2D eigenvalue weighted by atomic mass is 16.3. The lowest BCUT2D eigenvalue weighted by molar-refractivity contribution is -0.00741. The summed E-state index contributed by atoms with van der Waals surface area (Å²) in [6.45, 7) is 7.51. The molecular weight excluding hydrogens is 256 g/mol. The fourth-order valence-corrected chi connectivity index (χ4v) is 3.69. The van der Waals surface area contributed by atoms with Crippen molar-refractivity contribution in [1.29, 1.82) is 0 Å². The van der Waals surface area contributed by atoms with Crippen LogP contribution in [0.2, 0.25) is 0 Å². The lowest BCUT2D eigenvalue weighted by Crippen LogP contribution is -2.31. The normalized spacial score (nSPS) is 36.8. The van der Waals surface area contributed by atoms with Crippen LogP contribution in [0.5, 0.6) is 0 Å². The molecule has 3 rings (SSSR count). The predicted molar refractivity (Wildman–Crippen MR) is 74.4 cm³/mol. The third-order valence-corrected chi connectivity index (χ3v) is 5.32. The summed E-state index contributed by atoms with van der Waals surface area (Å²) in [6, 6.07) is 3.68. The molecule has 4 N–H and O–H groups in total. The summed E-state index contributed by atoms with van der Waals surface area (Å²) in [5.74, 6) is 0. The number of benzene rings is 1. The van der Waals surface area contributed by atoms with E-state index in [4.69, 9.17) is 0 Å². The van der Waals surface area contributed by atoms with Gasteiger partial charge in [0.1, 0.15) is 12.2 Å². The molecule has 0 bridgehead atoms. The lowest BCUT2D eigenvalue weighted by Gasteiger charge is -2.25. The zero-order chi connectivity index (χ0) is 15.0. The summed E-state index contributed by atoms with van der Waals surface area (Å²) >= 11 is 0. The molecule has 0 aromatic heterocycles. The van der Waals surface area contributed by atoms with Gasteiger partial charge in [-0.15, -0.1) is 0 Å². The van der Waals surface area contributed by atoms with Gasteiger partial charge in [-0.25, -0.2) is 0 Å². The molecule has 0 heterocycles. The highest BCUT2D eigenvalue weighted by Gasteiger charge is 2.50. The first-order chi connectivity index (χ1) is 9.10. The Balaban J connectivity index is 2.26. The Morgan fingerprint density at radius 3 is 1.30 bits per heavy atom. The molecule has 0 saturated heterocycles. The summed E-state index contributed by atoms with van der Waals surface area (Å²) in [5.41, 5.74) is 1.97. The van der Waals surface area contributed by atoms with Gasteiger partial charge in [0, 0.05) is 10.8 Å². The van der Waals surface area contributed by atoms with Crippen LogP contribution in [0.1, 0.15) is 62.2 Å². The van der Waals surface area contributed by atoms with Crippen LogP contribution in [0.25, 0.3) is 0 Å². The van der Waals surface area contributed by atoms with Gasteiger partial charge in [-0.1, -0.05) is 39.8 Å². The number of rotatable bonds is 0. The quantitative estimate of drug-likeness (QED) is 0.572. The molecule has 0 aliphatic heterocycles. The van der Waals surface area contributed by atoms with Crippen LogP contribution in [0.3, 0.4) is 0 Å². The molecule has 1 aromatic rings. The van der Waals surface area contributed by atoms with Gasteiger partial charge >= 0.3 is 0 Å². The first kappa shape index (κ1) is 14.0. The maximum absolute atomic E-state index is 10.2. The maximum atomic E-state index is 10.2. The van der Waals surface area contributed by atoms with E-state index in [1.54, 1.807) is 0 Å². The van der Waals surface area contributed by atoms with E-state index in [1.807, 2.05) is 39.8 Å². The third kappa shape index (κ3) is 1.45. The molecule has 2 aliphatic carbocycles. The summed E-state index contributed by atoms with van der Waals surface area (Å²) in [4.78, 5) is 0. The number of aliphatic hydroxyl groups excluding tert-OH is 4. The van der Waals surface area contributed by atoms with Gasteiger partial charge in [-0.05, 0) is 22.3 Å². The van der Waals surface area contributed by atoms with Crippen LogP contribution >= 0.6 is 0 Å². The maximum Gasteiger partial charge on any atom is 0.106 e. The fraction of sp³-hybridized carbons (Fsp3) is 0.625. The van der Waals surface area contributed by atoms with Crippen LogP contribution in [-0.2, 0) is 10.8 Å². The molecule has 4 nitrogen and oxygen atoms in total. The van der Waals surface area contributed by atoms with Gasteiger partial charge in [-0.2, -0.15) is 0 Å². The van der Waals surface area contributed by atoms with Crippen molar-refractivity contribution < 1.29 is 20.4 Å². The summed E-state index contributed by atoms with van der Waals surface area (Å²) in [7, 11) is 0. The van der Waals surface area contributed by atoms with Crippen molar-refractivity contribution >= 4 is 0 Å². The second kappa shape index (κ2) is 3.83. The molecule has 4 heteroatoms. The Hall–Kier alpha value is -0.940. The van der Waals surface area contributed by atoms with Crippen molar-refractivity contribution in [3.8, 4) is 0 Å². The van der Waals surface area contributed by atoms with E-state index in [0.29, 0.717) is 11.1 Å². The fourth-order valence-electron chi connectivity index (χ4n) is 3.69. The minimum absolute atomic E-state index is 0.568. The molecule has 110 valence electrons. The van der Waals surface area contributed by atoms with Crippen molar-refractivity contribution in [1.82, 2.24) is 0 Å². The Kier molecular flexibility index (Phi) is 2.68. The second-order valence-electron chi connectivity index (χ2n) is 7.25. The number of hydrogen-bond acceptors (Lipinski definition) is 4. The lowest BCUT2D eigenvalue weighted by atomic mass is 9.81. The SMILES string of the molecule is CC1(C)c2cc3c(cc2[C@H](O)[C@@H]1O)C(C)(C)[C@@H](O)[C@H]3O. The standard InChI is InChI=1S/C16H22O4/c1-15(2)9-5-8-10(6-7(9)11(17)13(15)19)16(3,4)14(20)12(8)18/h5-6,11-14,17-20H,1-4H3/t11-,12-,13-,14-/m0/s1. The van der Waals surface area contributed by atoms with E-state index in [-0.39, 0.29) is 0 Å². The molecule has 0 amide bonds. The van der Waals surface area contributed by atoms with Gasteiger partial charge < -0.3 is 20.4 Å². The predicted octanol–water partition coefficient (Wildman–Crippen LogP) is 1.06. The van der Waals surface area contributed by atoms with Crippen molar-refractivity contribution in [3.05, 3.63) is 34.4 Å². The Bertz CT molecular complexity index is 524. The van der Waals surface area contributed by atoms with E-state index in [2.05, 4.69) is 0 Å². The Morgan fingerprint density at radius 2 is 1.00 bits per heavy atom. The van der Waals surface area contributed by atoms with Gasteiger partial charge in [0.2, 0.25) is 0 Å². The minimum atomic E-state index is -0.920. The zero-order valence-corrected chi connectivity index (χ0v) is 12.3. The average Bonchev–Trinajstić information content (AvgIpc) is 2.67. The van der Waals surface area contributed by atoms with E-state index in [0.717, 1.165) is 11.1 Å².